The summed E-state index contributed by atoms with van der Waals surface area (Å²) in [4.78, 5) is 4.31. The fourth-order valence-corrected chi connectivity index (χ4v) is 1.35. The molecule has 2 aliphatic heterocycles. The van der Waals surface area contributed by atoms with Crippen LogP contribution in [0.2, 0.25) is 0 Å². The molecule has 38 valence electrons. The molecule has 1 heteroatoms. The normalized spacial score (nSPS) is 28.9. The molecule has 1 saturated carbocycles. The smallest absolute Gasteiger partial charge is 0.0391 e. The first-order chi connectivity index (χ1) is 3.45. The van der Waals surface area contributed by atoms with Crippen molar-refractivity contribution in [1.82, 2.24) is 0 Å². The van der Waals surface area contributed by atoms with Crippen LogP contribution in [0.1, 0.15) is 19.3 Å². The number of hydrogen-bond acceptors (Lipinski definition) is 1. The van der Waals surface area contributed by atoms with Crippen molar-refractivity contribution in [1.29, 1.82) is 0 Å². The molecule has 0 amide bonds. The van der Waals surface area contributed by atoms with Crippen LogP contribution >= 0.6 is 0 Å². The van der Waals surface area contributed by atoms with Crippen molar-refractivity contribution in [2.24, 2.45) is 10.9 Å². The van der Waals surface area contributed by atoms with E-state index in [0.717, 1.165) is 12.5 Å². The molecule has 0 aromatic rings. The Morgan fingerprint density at radius 1 is 1.43 bits per heavy atom. The maximum absolute atomic E-state index is 4.31. The minimum absolute atomic E-state index is 1.05. The van der Waals surface area contributed by atoms with Gasteiger partial charge in [0, 0.05) is 12.3 Å². The molecule has 0 saturated heterocycles. The van der Waals surface area contributed by atoms with Gasteiger partial charge in [0.25, 0.3) is 0 Å². The molecule has 0 spiro atoms. The molecule has 1 nitrogen and oxygen atoms in total. The Balaban J connectivity index is 2.23. The number of fused-ring (bicyclic) bond motifs is 2. The lowest BCUT2D eigenvalue weighted by Gasteiger charge is -2.31. The zero-order valence-corrected chi connectivity index (χ0v) is 4.35. The maximum Gasteiger partial charge on any atom is 0.0391 e. The predicted molar refractivity (Wildman–Crippen MR) is 29.6 cm³/mol. The molecule has 0 aromatic carbocycles. The minimum atomic E-state index is 1.05. The number of rotatable bonds is 0. The van der Waals surface area contributed by atoms with Crippen molar-refractivity contribution >= 4 is 5.71 Å². The van der Waals surface area contributed by atoms with Crippen LogP contribution in [-0.2, 0) is 0 Å². The quantitative estimate of drug-likeness (QED) is 0.429. The Labute approximate surface area is 43.4 Å². The van der Waals surface area contributed by atoms with Crippen LogP contribution in [0, 0.1) is 5.92 Å². The van der Waals surface area contributed by atoms with Gasteiger partial charge < -0.3 is 0 Å². The molecule has 7 heavy (non-hydrogen) atoms. The topological polar surface area (TPSA) is 12.4 Å². The monoisotopic (exact) mass is 95.1 g/mol. The fourth-order valence-electron chi connectivity index (χ4n) is 1.35. The molecule has 0 N–H and O–H groups in total. The van der Waals surface area contributed by atoms with Crippen LogP contribution in [0.4, 0.5) is 0 Å². The number of hydrogen-bond donors (Lipinski definition) is 0. The molecule has 0 aromatic heterocycles. The zero-order valence-electron chi connectivity index (χ0n) is 4.35. The Morgan fingerprint density at radius 3 is 2.43 bits per heavy atom. The summed E-state index contributed by atoms with van der Waals surface area (Å²) in [7, 11) is 0. The van der Waals surface area contributed by atoms with E-state index in [2.05, 4.69) is 4.99 Å². The molecule has 0 radical (unpaired) electrons. The highest BCUT2D eigenvalue weighted by atomic mass is 14.8. The van der Waals surface area contributed by atoms with Gasteiger partial charge in [-0.2, -0.15) is 0 Å². The van der Waals surface area contributed by atoms with E-state index in [9.17, 15) is 0 Å². The van der Waals surface area contributed by atoms with Crippen LogP contribution in [0.5, 0.6) is 0 Å². The highest BCUT2D eigenvalue weighted by molar-refractivity contribution is 5.90. The summed E-state index contributed by atoms with van der Waals surface area (Å²) in [5, 5.41) is 0. The minimum Gasteiger partial charge on any atom is -0.294 e. The van der Waals surface area contributed by atoms with E-state index in [0.29, 0.717) is 0 Å². The van der Waals surface area contributed by atoms with E-state index < -0.39 is 0 Å². The Morgan fingerprint density at radius 2 is 2.29 bits per heavy atom. The van der Waals surface area contributed by atoms with E-state index >= 15 is 0 Å². The van der Waals surface area contributed by atoms with Crippen LogP contribution in [0.15, 0.2) is 4.99 Å². The molecule has 1 fully saturated rings. The molecular formula is C6H9N. The second-order valence-electron chi connectivity index (χ2n) is 2.51. The largest absolute Gasteiger partial charge is 0.294 e. The standard InChI is InChI=1S/C6H9N/c1-2-7-6-3-5(1)4-6/h5H,1-4H2. The highest BCUT2D eigenvalue weighted by Gasteiger charge is 2.26. The van der Waals surface area contributed by atoms with Gasteiger partial charge in [0.15, 0.2) is 0 Å². The third-order valence-electron chi connectivity index (χ3n) is 1.92. The average molecular weight is 95.1 g/mol. The molecule has 3 rings (SSSR count). The zero-order chi connectivity index (χ0) is 4.69. The van der Waals surface area contributed by atoms with Crippen LogP contribution in [-0.4, -0.2) is 12.3 Å². The molecular weight excluding hydrogens is 86.1 g/mol. The van der Waals surface area contributed by atoms with Crippen LogP contribution < -0.4 is 0 Å². The predicted octanol–water partition coefficient (Wildman–Crippen LogP) is 1.24. The van der Waals surface area contributed by atoms with E-state index in [1.54, 1.807) is 0 Å². The summed E-state index contributed by atoms with van der Waals surface area (Å²) in [6.07, 6.45) is 4.03. The van der Waals surface area contributed by atoms with Crippen LogP contribution in [0.25, 0.3) is 0 Å². The molecule has 1 aliphatic carbocycles. The summed E-state index contributed by atoms with van der Waals surface area (Å²) >= 11 is 0. The van der Waals surface area contributed by atoms with E-state index in [-0.39, 0.29) is 0 Å². The van der Waals surface area contributed by atoms with Crippen molar-refractivity contribution in [2.75, 3.05) is 6.54 Å². The summed E-state index contributed by atoms with van der Waals surface area (Å²) in [6, 6.07) is 0. The fraction of sp³-hybridized carbons (Fsp3) is 0.833. The van der Waals surface area contributed by atoms with Gasteiger partial charge in [-0.05, 0) is 25.2 Å². The summed E-state index contributed by atoms with van der Waals surface area (Å²) in [5.74, 6) is 1.05. The summed E-state index contributed by atoms with van der Waals surface area (Å²) in [5.41, 5.74) is 1.48. The van der Waals surface area contributed by atoms with Gasteiger partial charge >= 0.3 is 0 Å². The van der Waals surface area contributed by atoms with Crippen molar-refractivity contribution in [3.8, 4) is 0 Å². The van der Waals surface area contributed by atoms with E-state index in [1.165, 1.54) is 25.0 Å². The molecule has 3 aliphatic rings. The van der Waals surface area contributed by atoms with Gasteiger partial charge in [-0.25, -0.2) is 0 Å². The third-order valence-corrected chi connectivity index (χ3v) is 1.92. The van der Waals surface area contributed by atoms with Crippen molar-refractivity contribution in [3.05, 3.63) is 0 Å². The Bertz CT molecular complexity index is 107. The van der Waals surface area contributed by atoms with Gasteiger partial charge in [-0.3, -0.25) is 4.99 Å². The first-order valence-electron chi connectivity index (χ1n) is 2.97. The van der Waals surface area contributed by atoms with Gasteiger partial charge in [-0.1, -0.05) is 0 Å². The third kappa shape index (κ3) is 0.409. The van der Waals surface area contributed by atoms with Gasteiger partial charge in [0.05, 0.1) is 0 Å². The summed E-state index contributed by atoms with van der Waals surface area (Å²) in [6.45, 7) is 1.12. The Kier molecular flexibility index (Phi) is 0.566. The van der Waals surface area contributed by atoms with E-state index in [1.807, 2.05) is 0 Å². The number of nitrogens with zero attached hydrogens (tertiary/aromatic N) is 1. The molecule has 2 heterocycles. The average Bonchev–Trinajstić information content (AvgIpc) is 1.67. The lowest BCUT2D eigenvalue weighted by atomic mass is 9.78. The lowest BCUT2D eigenvalue weighted by molar-refractivity contribution is 0.438. The molecule has 0 atom stereocenters. The molecule has 2 bridgehead atoms. The lowest BCUT2D eigenvalue weighted by Crippen LogP contribution is -2.28. The Hall–Kier alpha value is -0.330. The second kappa shape index (κ2) is 1.09. The highest BCUT2D eigenvalue weighted by Crippen LogP contribution is 2.31. The van der Waals surface area contributed by atoms with Crippen molar-refractivity contribution in [3.63, 3.8) is 0 Å². The van der Waals surface area contributed by atoms with Crippen LogP contribution in [0.3, 0.4) is 0 Å². The SMILES string of the molecule is C1CC2CC(=N1)C2. The van der Waals surface area contributed by atoms with Crippen molar-refractivity contribution < 1.29 is 0 Å². The summed E-state index contributed by atoms with van der Waals surface area (Å²) < 4.78 is 0. The number of aliphatic imine (C=N–C) groups is 1. The van der Waals surface area contributed by atoms with Crippen molar-refractivity contribution in [2.45, 2.75) is 19.3 Å². The maximum atomic E-state index is 4.31. The second-order valence-corrected chi connectivity index (χ2v) is 2.51. The van der Waals surface area contributed by atoms with Gasteiger partial charge in [-0.15, -0.1) is 0 Å². The van der Waals surface area contributed by atoms with Gasteiger partial charge in [0.1, 0.15) is 0 Å². The first-order valence-corrected chi connectivity index (χ1v) is 2.97. The molecule has 0 unspecified atom stereocenters. The first kappa shape index (κ1) is 3.65. The van der Waals surface area contributed by atoms with Gasteiger partial charge in [0.2, 0.25) is 0 Å². The van der Waals surface area contributed by atoms with E-state index in [4.69, 9.17) is 0 Å².